The van der Waals surface area contributed by atoms with Gasteiger partial charge in [-0.1, -0.05) is 0 Å². The summed E-state index contributed by atoms with van der Waals surface area (Å²) in [5, 5.41) is 0. The van der Waals surface area contributed by atoms with Crippen LogP contribution in [0, 0.1) is 5.82 Å². The summed E-state index contributed by atoms with van der Waals surface area (Å²) in [6, 6.07) is 2.25. The van der Waals surface area contributed by atoms with Crippen molar-refractivity contribution in [3.63, 3.8) is 0 Å². The van der Waals surface area contributed by atoms with Crippen LogP contribution in [0.1, 0.15) is 19.3 Å². The maximum atomic E-state index is 13.2. The summed E-state index contributed by atoms with van der Waals surface area (Å²) < 4.78 is 13.2. The van der Waals surface area contributed by atoms with Gasteiger partial charge >= 0.3 is 0 Å². The van der Waals surface area contributed by atoms with E-state index in [9.17, 15) is 4.39 Å². The second kappa shape index (κ2) is 4.61. The van der Waals surface area contributed by atoms with Gasteiger partial charge in [-0.15, -0.1) is 0 Å². The molecule has 0 spiro atoms. The quantitative estimate of drug-likeness (QED) is 0.741. The van der Waals surface area contributed by atoms with Crippen LogP contribution in [0.3, 0.4) is 0 Å². The maximum absolute atomic E-state index is 13.2. The highest BCUT2D eigenvalue weighted by Gasteiger charge is 2.28. The van der Waals surface area contributed by atoms with E-state index >= 15 is 0 Å². The minimum atomic E-state index is -0.241. The van der Waals surface area contributed by atoms with Crippen molar-refractivity contribution in [2.75, 3.05) is 31.1 Å². The molecule has 1 aromatic rings. The van der Waals surface area contributed by atoms with E-state index in [1.165, 1.54) is 32.1 Å². The van der Waals surface area contributed by atoms with Crippen LogP contribution in [-0.2, 0) is 0 Å². The Hall–Kier alpha value is -1.16. The molecule has 0 bridgehead atoms. The molecule has 2 aliphatic heterocycles. The number of hydrogen-bond acceptors (Lipinski definition) is 3. The number of nitrogens with zero attached hydrogens (tertiary/aromatic N) is 3. The van der Waals surface area contributed by atoms with Crippen molar-refractivity contribution >= 4 is 5.69 Å². The highest BCUT2D eigenvalue weighted by atomic mass is 19.1. The number of hydrogen-bond donors (Lipinski definition) is 0. The molecule has 1 aromatic heterocycles. The largest absolute Gasteiger partial charge is 0.369 e. The molecule has 3 heterocycles. The Morgan fingerprint density at radius 1 is 1.18 bits per heavy atom. The van der Waals surface area contributed by atoms with Crippen molar-refractivity contribution < 1.29 is 4.39 Å². The van der Waals surface area contributed by atoms with E-state index in [-0.39, 0.29) is 5.82 Å². The van der Waals surface area contributed by atoms with Gasteiger partial charge in [-0.05, 0) is 25.8 Å². The van der Waals surface area contributed by atoms with Gasteiger partial charge in [0, 0.05) is 31.7 Å². The zero-order valence-electron chi connectivity index (χ0n) is 9.98. The Bertz CT molecular complexity index is 396. The lowest BCUT2D eigenvalue weighted by molar-refractivity contribution is 0.273. The van der Waals surface area contributed by atoms with Crippen LogP contribution in [0.15, 0.2) is 18.5 Å². The highest BCUT2D eigenvalue weighted by Crippen LogP contribution is 2.24. The predicted octanol–water partition coefficient (Wildman–Crippen LogP) is 1.90. The van der Waals surface area contributed by atoms with E-state index in [2.05, 4.69) is 14.8 Å². The molecule has 4 heteroatoms. The van der Waals surface area contributed by atoms with Crippen molar-refractivity contribution in [2.45, 2.75) is 25.3 Å². The average Bonchev–Trinajstić information content (AvgIpc) is 2.66. The molecule has 2 aliphatic rings. The summed E-state index contributed by atoms with van der Waals surface area (Å²) in [4.78, 5) is 8.81. The Balaban J connectivity index is 1.78. The fraction of sp³-hybridized carbons (Fsp3) is 0.615. The summed E-state index contributed by atoms with van der Waals surface area (Å²) >= 11 is 0. The minimum Gasteiger partial charge on any atom is -0.369 e. The highest BCUT2D eigenvalue weighted by molar-refractivity contribution is 5.44. The molecular formula is C13H18FN3. The van der Waals surface area contributed by atoms with Crippen molar-refractivity contribution in [2.24, 2.45) is 0 Å². The third-order valence-electron chi connectivity index (χ3n) is 3.86. The Morgan fingerprint density at radius 3 is 2.94 bits per heavy atom. The lowest BCUT2D eigenvalue weighted by atomic mass is 10.2. The molecule has 0 amide bonds. The molecule has 0 aromatic carbocycles. The number of rotatable bonds is 1. The Morgan fingerprint density at radius 2 is 2.06 bits per heavy atom. The van der Waals surface area contributed by atoms with Crippen molar-refractivity contribution in [1.82, 2.24) is 9.88 Å². The van der Waals surface area contributed by atoms with Gasteiger partial charge in [0.2, 0.25) is 0 Å². The third-order valence-corrected chi connectivity index (χ3v) is 3.86. The zero-order valence-corrected chi connectivity index (χ0v) is 9.98. The molecule has 92 valence electrons. The molecule has 17 heavy (non-hydrogen) atoms. The molecule has 1 unspecified atom stereocenters. The fourth-order valence-electron chi connectivity index (χ4n) is 3.01. The third kappa shape index (κ3) is 2.27. The topological polar surface area (TPSA) is 19.4 Å². The lowest BCUT2D eigenvalue weighted by Gasteiger charge is -2.27. The van der Waals surface area contributed by atoms with Crippen LogP contribution in [0.5, 0.6) is 0 Å². The van der Waals surface area contributed by atoms with E-state index in [0.717, 1.165) is 25.2 Å². The molecule has 3 rings (SSSR count). The molecule has 1 atom stereocenters. The summed E-state index contributed by atoms with van der Waals surface area (Å²) in [5.41, 5.74) is 0.929. The number of halogens is 1. The maximum Gasteiger partial charge on any atom is 0.143 e. The Labute approximate surface area is 101 Å². The smallest absolute Gasteiger partial charge is 0.143 e. The van der Waals surface area contributed by atoms with Crippen LogP contribution >= 0.6 is 0 Å². The monoisotopic (exact) mass is 235 g/mol. The van der Waals surface area contributed by atoms with Crippen LogP contribution < -0.4 is 4.90 Å². The Kier molecular flexibility index (Phi) is 2.97. The standard InChI is InChI=1S/C13H18FN3/c14-11-7-13(9-15-8-11)17-6-2-5-16-4-1-3-12(16)10-17/h7-9,12H,1-6,10H2. The number of fused-ring (bicyclic) bond motifs is 1. The summed E-state index contributed by atoms with van der Waals surface area (Å²) in [7, 11) is 0. The van der Waals surface area contributed by atoms with Gasteiger partial charge in [0.15, 0.2) is 0 Å². The van der Waals surface area contributed by atoms with E-state index in [1.807, 2.05) is 0 Å². The van der Waals surface area contributed by atoms with E-state index in [0.29, 0.717) is 6.04 Å². The van der Waals surface area contributed by atoms with Gasteiger partial charge in [-0.2, -0.15) is 0 Å². The molecule has 0 N–H and O–H groups in total. The number of anilines is 1. The summed E-state index contributed by atoms with van der Waals surface area (Å²) in [5.74, 6) is -0.241. The molecule has 0 aliphatic carbocycles. The van der Waals surface area contributed by atoms with E-state index in [4.69, 9.17) is 0 Å². The predicted molar refractivity (Wildman–Crippen MR) is 65.6 cm³/mol. The van der Waals surface area contributed by atoms with Gasteiger partial charge in [0.05, 0.1) is 18.1 Å². The molecule has 0 saturated carbocycles. The number of aromatic nitrogens is 1. The first kappa shape index (κ1) is 11.0. The SMILES string of the molecule is Fc1cncc(N2CCCN3CCCC3C2)c1. The molecular weight excluding hydrogens is 217 g/mol. The van der Waals surface area contributed by atoms with Gasteiger partial charge in [-0.3, -0.25) is 9.88 Å². The van der Waals surface area contributed by atoms with Gasteiger partial charge in [-0.25, -0.2) is 4.39 Å². The van der Waals surface area contributed by atoms with Crippen molar-refractivity contribution in [3.05, 3.63) is 24.3 Å². The number of pyridine rings is 1. The first-order valence-corrected chi connectivity index (χ1v) is 6.42. The van der Waals surface area contributed by atoms with Crippen molar-refractivity contribution in [3.8, 4) is 0 Å². The first-order valence-electron chi connectivity index (χ1n) is 6.42. The van der Waals surface area contributed by atoms with Gasteiger partial charge in [0.25, 0.3) is 0 Å². The lowest BCUT2D eigenvalue weighted by Crippen LogP contribution is -2.36. The molecule has 2 saturated heterocycles. The molecule has 2 fully saturated rings. The van der Waals surface area contributed by atoms with E-state index < -0.39 is 0 Å². The van der Waals surface area contributed by atoms with Gasteiger partial charge < -0.3 is 4.90 Å². The first-order chi connectivity index (χ1) is 8.33. The van der Waals surface area contributed by atoms with Crippen LogP contribution in [0.4, 0.5) is 10.1 Å². The zero-order chi connectivity index (χ0) is 11.7. The molecule has 0 radical (unpaired) electrons. The fourth-order valence-corrected chi connectivity index (χ4v) is 3.01. The normalized spacial score (nSPS) is 25.7. The van der Waals surface area contributed by atoms with E-state index in [1.54, 1.807) is 12.3 Å². The average molecular weight is 235 g/mol. The second-order valence-corrected chi connectivity index (χ2v) is 4.99. The van der Waals surface area contributed by atoms with Crippen LogP contribution in [0.2, 0.25) is 0 Å². The van der Waals surface area contributed by atoms with Crippen LogP contribution in [0.25, 0.3) is 0 Å². The summed E-state index contributed by atoms with van der Waals surface area (Å²) in [6.07, 6.45) is 6.78. The summed E-state index contributed by atoms with van der Waals surface area (Å²) in [6.45, 7) is 4.45. The second-order valence-electron chi connectivity index (χ2n) is 4.99. The van der Waals surface area contributed by atoms with Crippen molar-refractivity contribution in [1.29, 1.82) is 0 Å². The minimum absolute atomic E-state index is 0.241. The van der Waals surface area contributed by atoms with Crippen LogP contribution in [-0.4, -0.2) is 42.1 Å². The van der Waals surface area contributed by atoms with Gasteiger partial charge in [0.1, 0.15) is 5.82 Å². The molecule has 3 nitrogen and oxygen atoms in total.